The Morgan fingerprint density at radius 3 is 2.81 bits per heavy atom. The van der Waals surface area contributed by atoms with Crippen LogP contribution in [-0.2, 0) is 4.79 Å². The molecule has 0 spiro atoms. The Balaban J connectivity index is 1.90. The number of rotatable bonds is 2. The summed E-state index contributed by atoms with van der Waals surface area (Å²) in [6.07, 6.45) is 2.38. The van der Waals surface area contributed by atoms with Gasteiger partial charge in [-0.25, -0.2) is 4.39 Å². The number of amides is 1. The minimum atomic E-state index is -0.379. The number of anilines is 1. The minimum absolute atomic E-state index is 0.166. The fourth-order valence-corrected chi connectivity index (χ4v) is 3.35. The van der Waals surface area contributed by atoms with Crippen molar-refractivity contribution in [2.45, 2.75) is 31.1 Å². The number of hydrogen-bond donors (Lipinski definition) is 2. The lowest BCUT2D eigenvalue weighted by atomic mass is 9.84. The molecule has 4 rings (SSSR count). The number of H-pyrrole nitrogens is 1. The zero-order valence-corrected chi connectivity index (χ0v) is 11.9. The van der Waals surface area contributed by atoms with E-state index in [1.165, 1.54) is 6.07 Å². The molecule has 1 fully saturated rings. The molecule has 1 saturated carbocycles. The van der Waals surface area contributed by atoms with Crippen LogP contribution in [0.2, 0.25) is 5.02 Å². The van der Waals surface area contributed by atoms with Crippen molar-refractivity contribution in [2.75, 3.05) is 5.32 Å². The number of carbonyl (C=O) groups excluding carboxylic acids is 1. The molecule has 1 aromatic heterocycles. The number of nitrogens with one attached hydrogen (secondary N) is 2. The largest absolute Gasteiger partial charge is 0.309 e. The van der Waals surface area contributed by atoms with Crippen molar-refractivity contribution in [1.82, 2.24) is 10.2 Å². The van der Waals surface area contributed by atoms with Crippen LogP contribution in [0.4, 0.5) is 10.2 Å². The van der Waals surface area contributed by atoms with Gasteiger partial charge in [0.15, 0.2) is 5.82 Å². The van der Waals surface area contributed by atoms with Crippen molar-refractivity contribution in [1.29, 1.82) is 0 Å². The molecule has 0 bridgehead atoms. The minimum Gasteiger partial charge on any atom is -0.309 e. The van der Waals surface area contributed by atoms with Crippen LogP contribution in [0.15, 0.2) is 18.2 Å². The summed E-state index contributed by atoms with van der Waals surface area (Å²) in [5, 5.41) is 10.3. The molecule has 2 aromatic rings. The molecule has 6 heteroatoms. The second-order valence-electron chi connectivity index (χ2n) is 5.61. The van der Waals surface area contributed by atoms with E-state index < -0.39 is 0 Å². The molecule has 21 heavy (non-hydrogen) atoms. The Hall–Kier alpha value is -1.88. The lowest BCUT2D eigenvalue weighted by Gasteiger charge is -2.24. The Bertz CT molecular complexity index is 718. The molecule has 4 nitrogen and oxygen atoms in total. The van der Waals surface area contributed by atoms with Crippen LogP contribution in [0, 0.1) is 5.82 Å². The zero-order valence-electron chi connectivity index (χ0n) is 11.1. The maximum absolute atomic E-state index is 14.3. The second-order valence-corrected chi connectivity index (χ2v) is 6.02. The first kappa shape index (κ1) is 12.8. The summed E-state index contributed by atoms with van der Waals surface area (Å²) in [4.78, 5) is 11.9. The maximum Gasteiger partial charge on any atom is 0.226 e. The van der Waals surface area contributed by atoms with Crippen molar-refractivity contribution in [3.05, 3.63) is 45.9 Å². The van der Waals surface area contributed by atoms with Gasteiger partial charge in [-0.1, -0.05) is 17.7 Å². The molecule has 0 saturated heterocycles. The van der Waals surface area contributed by atoms with E-state index in [4.69, 9.17) is 11.6 Å². The van der Waals surface area contributed by atoms with Gasteiger partial charge in [-0.05, 0) is 25.0 Å². The van der Waals surface area contributed by atoms with E-state index in [-0.39, 0.29) is 24.1 Å². The highest BCUT2D eigenvalue weighted by atomic mass is 35.5. The van der Waals surface area contributed by atoms with Crippen LogP contribution >= 0.6 is 11.6 Å². The van der Waals surface area contributed by atoms with Crippen LogP contribution in [0.5, 0.6) is 0 Å². The number of nitrogens with zero attached hydrogens (tertiary/aromatic N) is 1. The van der Waals surface area contributed by atoms with E-state index in [9.17, 15) is 9.18 Å². The van der Waals surface area contributed by atoms with E-state index in [1.54, 1.807) is 12.1 Å². The van der Waals surface area contributed by atoms with Gasteiger partial charge in [0.25, 0.3) is 0 Å². The Labute approximate surface area is 125 Å². The highest BCUT2D eigenvalue weighted by Gasteiger charge is 2.38. The number of halogens is 2. The first-order valence-electron chi connectivity index (χ1n) is 6.97. The number of aromatic amines is 1. The Morgan fingerprint density at radius 2 is 2.10 bits per heavy atom. The average Bonchev–Trinajstić information content (AvgIpc) is 3.19. The third-order valence-electron chi connectivity index (χ3n) is 4.16. The molecular weight excluding hydrogens is 293 g/mol. The van der Waals surface area contributed by atoms with Crippen molar-refractivity contribution in [3.63, 3.8) is 0 Å². The van der Waals surface area contributed by atoms with E-state index >= 15 is 0 Å². The fraction of sp³-hybridized carbons (Fsp3) is 0.333. The van der Waals surface area contributed by atoms with Crippen molar-refractivity contribution in [2.24, 2.45) is 0 Å². The molecule has 1 aliphatic heterocycles. The fourth-order valence-electron chi connectivity index (χ4n) is 3.06. The zero-order chi connectivity index (χ0) is 14.6. The van der Waals surface area contributed by atoms with E-state index in [1.807, 2.05) is 0 Å². The second kappa shape index (κ2) is 4.56. The molecular formula is C15H13ClFN3O. The summed E-state index contributed by atoms with van der Waals surface area (Å²) in [5.41, 5.74) is 2.29. The SMILES string of the molecule is O=C1CC(c2c(F)cccc2Cl)c2c(n[nH]c2C2CC2)N1. The smallest absolute Gasteiger partial charge is 0.226 e. The van der Waals surface area contributed by atoms with Gasteiger partial charge in [0.2, 0.25) is 5.91 Å². The van der Waals surface area contributed by atoms with Gasteiger partial charge in [0.1, 0.15) is 5.82 Å². The monoisotopic (exact) mass is 305 g/mol. The number of hydrogen-bond acceptors (Lipinski definition) is 2. The molecule has 1 atom stereocenters. The van der Waals surface area contributed by atoms with Gasteiger partial charge in [0.05, 0.1) is 0 Å². The van der Waals surface area contributed by atoms with Gasteiger partial charge in [-0.2, -0.15) is 5.10 Å². The standard InChI is InChI=1S/C15H13ClFN3O/c16-9-2-1-3-10(17)12(9)8-6-11(21)18-15-13(8)14(19-20-15)7-4-5-7/h1-3,7-8H,4-6H2,(H2,18,19,20,21). The predicted octanol–water partition coefficient (Wildman–Crippen LogP) is 3.55. The Morgan fingerprint density at radius 1 is 1.29 bits per heavy atom. The van der Waals surface area contributed by atoms with Crippen LogP contribution < -0.4 is 5.32 Å². The molecule has 2 N–H and O–H groups in total. The van der Waals surface area contributed by atoms with Crippen molar-refractivity contribution >= 4 is 23.3 Å². The number of carbonyl (C=O) groups is 1. The third-order valence-corrected chi connectivity index (χ3v) is 4.49. The number of benzene rings is 1. The summed E-state index contributed by atoms with van der Waals surface area (Å²) < 4.78 is 14.3. The van der Waals surface area contributed by atoms with Gasteiger partial charge in [-0.15, -0.1) is 0 Å². The third kappa shape index (κ3) is 2.03. The first-order chi connectivity index (χ1) is 10.1. The highest BCUT2D eigenvalue weighted by molar-refractivity contribution is 6.31. The number of aromatic nitrogens is 2. The molecule has 1 aliphatic carbocycles. The molecule has 1 aromatic carbocycles. The number of fused-ring (bicyclic) bond motifs is 1. The van der Waals surface area contributed by atoms with Gasteiger partial charge < -0.3 is 5.32 Å². The maximum atomic E-state index is 14.3. The molecule has 108 valence electrons. The van der Waals surface area contributed by atoms with Gasteiger partial charge in [-0.3, -0.25) is 9.89 Å². The molecule has 1 unspecified atom stereocenters. The highest BCUT2D eigenvalue weighted by Crippen LogP contribution is 2.48. The molecule has 0 radical (unpaired) electrons. The summed E-state index contributed by atoms with van der Waals surface area (Å²) in [7, 11) is 0. The first-order valence-corrected chi connectivity index (χ1v) is 7.35. The van der Waals surface area contributed by atoms with Crippen molar-refractivity contribution < 1.29 is 9.18 Å². The molecule has 1 amide bonds. The average molecular weight is 306 g/mol. The van der Waals surface area contributed by atoms with Crippen LogP contribution in [0.1, 0.15) is 47.9 Å². The van der Waals surface area contributed by atoms with E-state index in [0.717, 1.165) is 24.1 Å². The summed E-state index contributed by atoms with van der Waals surface area (Å²) in [5.74, 6) is 0.0235. The predicted molar refractivity (Wildman–Crippen MR) is 77.1 cm³/mol. The van der Waals surface area contributed by atoms with Crippen molar-refractivity contribution in [3.8, 4) is 0 Å². The van der Waals surface area contributed by atoms with Gasteiger partial charge >= 0.3 is 0 Å². The van der Waals surface area contributed by atoms with E-state index in [0.29, 0.717) is 22.3 Å². The molecule has 2 aliphatic rings. The topological polar surface area (TPSA) is 57.8 Å². The van der Waals surface area contributed by atoms with Gasteiger partial charge in [0, 0.05) is 40.1 Å². The lowest BCUT2D eigenvalue weighted by molar-refractivity contribution is -0.116. The lowest BCUT2D eigenvalue weighted by Crippen LogP contribution is -2.24. The van der Waals surface area contributed by atoms with Crippen LogP contribution in [-0.4, -0.2) is 16.1 Å². The summed E-state index contributed by atoms with van der Waals surface area (Å²) in [6.45, 7) is 0. The molecule has 2 heterocycles. The summed E-state index contributed by atoms with van der Waals surface area (Å²) >= 11 is 6.19. The quantitative estimate of drug-likeness (QED) is 0.891. The summed E-state index contributed by atoms with van der Waals surface area (Å²) in [6, 6.07) is 4.61. The van der Waals surface area contributed by atoms with Crippen LogP contribution in [0.3, 0.4) is 0 Å². The van der Waals surface area contributed by atoms with E-state index in [2.05, 4.69) is 15.5 Å². The normalized spacial score (nSPS) is 21.0. The van der Waals surface area contributed by atoms with Crippen LogP contribution in [0.25, 0.3) is 0 Å². The Kier molecular flexibility index (Phi) is 2.79.